The summed E-state index contributed by atoms with van der Waals surface area (Å²) in [5, 5.41) is 5.74. The predicted molar refractivity (Wildman–Crippen MR) is 110 cm³/mol. The Kier molecular flexibility index (Phi) is 6.93. The lowest BCUT2D eigenvalue weighted by atomic mass is 10.2. The monoisotopic (exact) mass is 368 g/mol. The fraction of sp³-hybridized carbons (Fsp3) is 0.381. The highest BCUT2D eigenvalue weighted by Gasteiger charge is 2.16. The summed E-state index contributed by atoms with van der Waals surface area (Å²) in [6, 6.07) is 17.7. The van der Waals surface area contributed by atoms with E-state index in [9.17, 15) is 4.79 Å². The largest absolute Gasteiger partial charge is 0.495 e. The van der Waals surface area contributed by atoms with Crippen LogP contribution in [0.15, 0.2) is 54.6 Å². The highest BCUT2D eigenvalue weighted by molar-refractivity contribution is 5.90. The molecule has 27 heavy (non-hydrogen) atoms. The number of piperazine rings is 1. The zero-order valence-corrected chi connectivity index (χ0v) is 15.9. The Hall–Kier alpha value is -2.73. The minimum Gasteiger partial charge on any atom is -0.495 e. The number of ether oxygens (including phenoxy) is 1. The number of carbonyl (C=O) groups is 1. The van der Waals surface area contributed by atoms with Crippen molar-refractivity contribution in [1.29, 1.82) is 0 Å². The third kappa shape index (κ3) is 5.62. The number of benzene rings is 2. The summed E-state index contributed by atoms with van der Waals surface area (Å²) in [7, 11) is 1.59. The van der Waals surface area contributed by atoms with Crippen molar-refractivity contribution in [2.24, 2.45) is 0 Å². The van der Waals surface area contributed by atoms with Crippen molar-refractivity contribution >= 4 is 17.4 Å². The smallest absolute Gasteiger partial charge is 0.319 e. The molecule has 2 aromatic carbocycles. The molecule has 1 aliphatic rings. The molecule has 2 amide bonds. The van der Waals surface area contributed by atoms with Crippen molar-refractivity contribution in [2.45, 2.75) is 6.42 Å². The summed E-state index contributed by atoms with van der Waals surface area (Å²) in [6.07, 6.45) is 0.935. The number of nitrogens with zero attached hydrogens (tertiary/aromatic N) is 2. The Morgan fingerprint density at radius 2 is 1.70 bits per heavy atom. The molecule has 0 radical (unpaired) electrons. The first kappa shape index (κ1) is 19.0. The summed E-state index contributed by atoms with van der Waals surface area (Å²) < 4.78 is 5.24. The van der Waals surface area contributed by atoms with E-state index in [4.69, 9.17) is 4.74 Å². The summed E-state index contributed by atoms with van der Waals surface area (Å²) in [6.45, 7) is 5.86. The third-order valence-corrected chi connectivity index (χ3v) is 4.79. The summed E-state index contributed by atoms with van der Waals surface area (Å²) >= 11 is 0. The van der Waals surface area contributed by atoms with Crippen LogP contribution in [0, 0.1) is 0 Å². The van der Waals surface area contributed by atoms with Crippen molar-refractivity contribution < 1.29 is 9.53 Å². The molecule has 6 nitrogen and oxygen atoms in total. The second-order valence-electron chi connectivity index (χ2n) is 6.60. The molecule has 0 aromatic heterocycles. The number of amides is 2. The number of para-hydroxylation sites is 3. The van der Waals surface area contributed by atoms with Crippen LogP contribution in [0.2, 0.25) is 0 Å². The number of methoxy groups -OCH3 is 1. The molecule has 0 bridgehead atoms. The molecule has 1 heterocycles. The second kappa shape index (κ2) is 9.83. The number of hydrogen-bond donors (Lipinski definition) is 2. The van der Waals surface area contributed by atoms with Gasteiger partial charge in [-0.3, -0.25) is 4.90 Å². The Morgan fingerprint density at radius 1 is 1.00 bits per heavy atom. The van der Waals surface area contributed by atoms with Crippen LogP contribution in [0.3, 0.4) is 0 Å². The van der Waals surface area contributed by atoms with E-state index in [0.717, 1.165) is 39.1 Å². The average Bonchev–Trinajstić information content (AvgIpc) is 2.73. The molecule has 144 valence electrons. The first-order valence-electron chi connectivity index (χ1n) is 9.46. The van der Waals surface area contributed by atoms with Gasteiger partial charge in [-0.1, -0.05) is 30.3 Å². The van der Waals surface area contributed by atoms with Gasteiger partial charge in [0.05, 0.1) is 12.8 Å². The van der Waals surface area contributed by atoms with E-state index in [1.807, 2.05) is 24.3 Å². The fourth-order valence-corrected chi connectivity index (χ4v) is 3.29. The first-order chi connectivity index (χ1) is 13.3. The van der Waals surface area contributed by atoms with Gasteiger partial charge in [-0.05, 0) is 37.2 Å². The van der Waals surface area contributed by atoms with Gasteiger partial charge in [-0.2, -0.15) is 0 Å². The van der Waals surface area contributed by atoms with E-state index in [1.54, 1.807) is 7.11 Å². The topological polar surface area (TPSA) is 56.8 Å². The summed E-state index contributed by atoms with van der Waals surface area (Å²) in [5.41, 5.74) is 1.97. The molecule has 1 saturated heterocycles. The lowest BCUT2D eigenvalue weighted by molar-refractivity contribution is 0.244. The van der Waals surface area contributed by atoms with Crippen LogP contribution in [0.4, 0.5) is 16.2 Å². The van der Waals surface area contributed by atoms with Crippen LogP contribution < -0.4 is 20.3 Å². The van der Waals surface area contributed by atoms with Crippen LogP contribution in [-0.2, 0) is 0 Å². The molecular weight excluding hydrogens is 340 g/mol. The van der Waals surface area contributed by atoms with E-state index in [1.165, 1.54) is 5.69 Å². The van der Waals surface area contributed by atoms with Gasteiger partial charge in [0.2, 0.25) is 0 Å². The van der Waals surface area contributed by atoms with Crippen molar-refractivity contribution in [3.05, 3.63) is 54.6 Å². The maximum absolute atomic E-state index is 12.0. The normalized spacial score (nSPS) is 14.6. The second-order valence-corrected chi connectivity index (χ2v) is 6.60. The van der Waals surface area contributed by atoms with Crippen LogP contribution in [0.5, 0.6) is 5.75 Å². The zero-order chi connectivity index (χ0) is 18.9. The van der Waals surface area contributed by atoms with Crippen molar-refractivity contribution in [3.8, 4) is 5.75 Å². The van der Waals surface area contributed by atoms with E-state index < -0.39 is 0 Å². The zero-order valence-electron chi connectivity index (χ0n) is 15.9. The van der Waals surface area contributed by atoms with Crippen LogP contribution >= 0.6 is 0 Å². The SMILES string of the molecule is COc1ccccc1NC(=O)NCCCN1CCN(c2ccccc2)CC1. The van der Waals surface area contributed by atoms with E-state index >= 15 is 0 Å². The number of rotatable bonds is 7. The van der Waals surface area contributed by atoms with Gasteiger partial charge in [0.15, 0.2) is 0 Å². The lowest BCUT2D eigenvalue weighted by Crippen LogP contribution is -2.47. The van der Waals surface area contributed by atoms with E-state index in [0.29, 0.717) is 18.0 Å². The minimum atomic E-state index is -0.201. The predicted octanol–water partition coefficient (Wildman–Crippen LogP) is 3.03. The Morgan fingerprint density at radius 3 is 2.44 bits per heavy atom. The number of nitrogens with one attached hydrogen (secondary N) is 2. The fourth-order valence-electron chi connectivity index (χ4n) is 3.29. The molecule has 3 rings (SSSR count). The summed E-state index contributed by atoms with van der Waals surface area (Å²) in [5.74, 6) is 0.656. The molecule has 0 atom stereocenters. The maximum Gasteiger partial charge on any atom is 0.319 e. The molecule has 6 heteroatoms. The molecule has 0 saturated carbocycles. The van der Waals surface area contributed by atoms with Gasteiger partial charge >= 0.3 is 6.03 Å². The van der Waals surface area contributed by atoms with Crippen LogP contribution in [0.25, 0.3) is 0 Å². The van der Waals surface area contributed by atoms with Crippen LogP contribution in [0.1, 0.15) is 6.42 Å². The molecule has 2 aromatic rings. The van der Waals surface area contributed by atoms with Crippen LogP contribution in [-0.4, -0.2) is 57.3 Å². The number of anilines is 2. The Labute approximate surface area is 161 Å². The Balaban J connectivity index is 1.32. The minimum absolute atomic E-state index is 0.201. The maximum atomic E-state index is 12.0. The number of urea groups is 1. The van der Waals surface area contributed by atoms with E-state index in [2.05, 4.69) is 50.8 Å². The third-order valence-electron chi connectivity index (χ3n) is 4.79. The van der Waals surface area contributed by atoms with Gasteiger partial charge in [0, 0.05) is 38.4 Å². The molecule has 0 unspecified atom stereocenters. The molecule has 1 aliphatic heterocycles. The lowest BCUT2D eigenvalue weighted by Gasteiger charge is -2.36. The van der Waals surface area contributed by atoms with Crippen molar-refractivity contribution in [1.82, 2.24) is 10.2 Å². The quantitative estimate of drug-likeness (QED) is 0.738. The molecule has 1 fully saturated rings. The van der Waals surface area contributed by atoms with Gasteiger partial charge in [-0.15, -0.1) is 0 Å². The highest BCUT2D eigenvalue weighted by atomic mass is 16.5. The van der Waals surface area contributed by atoms with Gasteiger partial charge in [0.1, 0.15) is 5.75 Å². The first-order valence-corrected chi connectivity index (χ1v) is 9.46. The standard InChI is InChI=1S/C21H28N4O2/c1-27-20-11-6-5-10-19(20)23-21(26)22-12-7-13-24-14-16-25(17-15-24)18-8-3-2-4-9-18/h2-6,8-11H,7,12-17H2,1H3,(H2,22,23,26). The van der Waals surface area contributed by atoms with Gasteiger partial charge in [0.25, 0.3) is 0 Å². The number of carbonyl (C=O) groups excluding carboxylic acids is 1. The number of hydrogen-bond acceptors (Lipinski definition) is 4. The molecule has 2 N–H and O–H groups in total. The average molecular weight is 368 g/mol. The van der Waals surface area contributed by atoms with Crippen molar-refractivity contribution in [2.75, 3.05) is 56.6 Å². The van der Waals surface area contributed by atoms with E-state index in [-0.39, 0.29) is 6.03 Å². The summed E-state index contributed by atoms with van der Waals surface area (Å²) in [4.78, 5) is 16.9. The van der Waals surface area contributed by atoms with Gasteiger partial charge < -0.3 is 20.3 Å². The highest BCUT2D eigenvalue weighted by Crippen LogP contribution is 2.22. The Bertz CT molecular complexity index is 715. The molecular formula is C21H28N4O2. The molecule has 0 aliphatic carbocycles. The van der Waals surface area contributed by atoms with Crippen molar-refractivity contribution in [3.63, 3.8) is 0 Å². The van der Waals surface area contributed by atoms with Gasteiger partial charge in [-0.25, -0.2) is 4.79 Å². The molecule has 0 spiro atoms.